The van der Waals surface area contributed by atoms with E-state index >= 15 is 0 Å². The first-order valence-corrected chi connectivity index (χ1v) is 10.3. The smallest absolute Gasteiger partial charge is 0.222 e. The van der Waals surface area contributed by atoms with Crippen LogP contribution in [0, 0.1) is 17.8 Å². The molecule has 0 radical (unpaired) electrons. The quantitative estimate of drug-likeness (QED) is 0.547. The van der Waals surface area contributed by atoms with Gasteiger partial charge in [-0.05, 0) is 55.9 Å². The number of amides is 1. The number of nitrogens with zero attached hydrogens (tertiary/aromatic N) is 1. The molecule has 1 fully saturated rings. The summed E-state index contributed by atoms with van der Waals surface area (Å²) in [5, 5.41) is 10.5. The van der Waals surface area contributed by atoms with E-state index in [0.717, 1.165) is 38.5 Å². The summed E-state index contributed by atoms with van der Waals surface area (Å²) in [4.78, 5) is 13.3. The van der Waals surface area contributed by atoms with E-state index in [4.69, 9.17) is 0 Å². The van der Waals surface area contributed by atoms with Crippen LogP contribution in [0.4, 0.5) is 0 Å². The van der Waals surface area contributed by atoms with Crippen molar-refractivity contribution in [1.29, 1.82) is 0 Å². The number of benzene rings is 1. The van der Waals surface area contributed by atoms with Gasteiger partial charge in [0.2, 0.25) is 5.91 Å². The summed E-state index contributed by atoms with van der Waals surface area (Å²) in [6.45, 7) is 0. The van der Waals surface area contributed by atoms with Crippen molar-refractivity contribution >= 4 is 5.91 Å². The van der Waals surface area contributed by atoms with Crippen molar-refractivity contribution in [2.24, 2.45) is 17.8 Å². The Morgan fingerprint density at radius 3 is 2.74 bits per heavy atom. The van der Waals surface area contributed by atoms with Gasteiger partial charge in [0.1, 0.15) is 0 Å². The standard InChI is InChI=1S/C24H33NO2/c1-25(2)24(27)14-7-6-11-19-15-20-17-23(26)21(22(20)16-19)13-8-12-18-9-4-3-5-10-18/h3-5,8-10,13,15,20-23,26H,6-7,11-12,14,16-17H2,1-2H3/t20-,21+,22-,23+/m0/s1. The molecule has 0 aliphatic heterocycles. The third kappa shape index (κ3) is 5.32. The van der Waals surface area contributed by atoms with E-state index in [1.54, 1.807) is 4.90 Å². The number of unbranched alkanes of at least 4 members (excludes halogenated alkanes) is 1. The summed E-state index contributed by atoms with van der Waals surface area (Å²) in [6, 6.07) is 10.5. The highest BCUT2D eigenvalue weighted by Gasteiger charge is 2.43. The number of carbonyl (C=O) groups excluding carboxylic acids is 1. The van der Waals surface area contributed by atoms with Crippen LogP contribution >= 0.6 is 0 Å². The van der Waals surface area contributed by atoms with Crippen LogP contribution in [0.2, 0.25) is 0 Å². The van der Waals surface area contributed by atoms with Gasteiger partial charge in [0.15, 0.2) is 0 Å². The number of aliphatic hydroxyl groups excluding tert-OH is 1. The largest absolute Gasteiger partial charge is 0.392 e. The van der Waals surface area contributed by atoms with E-state index in [1.807, 2.05) is 20.2 Å². The third-order valence-electron chi connectivity index (χ3n) is 6.14. The molecule has 0 spiro atoms. The first-order valence-electron chi connectivity index (χ1n) is 10.3. The Morgan fingerprint density at radius 1 is 1.22 bits per heavy atom. The van der Waals surface area contributed by atoms with Gasteiger partial charge in [-0.25, -0.2) is 0 Å². The van der Waals surface area contributed by atoms with E-state index in [9.17, 15) is 9.90 Å². The highest BCUT2D eigenvalue weighted by molar-refractivity contribution is 5.75. The highest BCUT2D eigenvalue weighted by atomic mass is 16.3. The van der Waals surface area contributed by atoms with Gasteiger partial charge in [0.25, 0.3) is 0 Å². The lowest BCUT2D eigenvalue weighted by atomic mass is 9.88. The van der Waals surface area contributed by atoms with Crippen molar-refractivity contribution in [3.8, 4) is 0 Å². The number of fused-ring (bicyclic) bond motifs is 1. The van der Waals surface area contributed by atoms with Gasteiger partial charge >= 0.3 is 0 Å². The van der Waals surface area contributed by atoms with Crippen LogP contribution in [0.15, 0.2) is 54.1 Å². The maximum atomic E-state index is 11.7. The first-order chi connectivity index (χ1) is 13.0. The number of rotatable bonds is 8. The van der Waals surface area contributed by atoms with Gasteiger partial charge in [-0.15, -0.1) is 0 Å². The second kappa shape index (κ2) is 9.36. The van der Waals surface area contributed by atoms with Gasteiger partial charge in [0.05, 0.1) is 6.10 Å². The van der Waals surface area contributed by atoms with E-state index in [0.29, 0.717) is 18.3 Å². The maximum absolute atomic E-state index is 11.7. The number of carbonyl (C=O) groups is 1. The molecule has 1 saturated carbocycles. The fourth-order valence-electron chi connectivity index (χ4n) is 4.62. The molecule has 1 aromatic carbocycles. The SMILES string of the molecule is CN(C)C(=O)CCCCC1=C[C@H]2C[C@@H](O)[C@H](C=CCc3ccccc3)[C@H]2C1. The molecular formula is C24H33NO2. The monoisotopic (exact) mass is 367 g/mol. The fourth-order valence-corrected chi connectivity index (χ4v) is 4.62. The van der Waals surface area contributed by atoms with Crippen LogP contribution in [-0.2, 0) is 11.2 Å². The van der Waals surface area contributed by atoms with Gasteiger partial charge in [-0.1, -0.05) is 54.1 Å². The predicted octanol–water partition coefficient (Wildman–Crippen LogP) is 4.38. The molecule has 2 aliphatic rings. The third-order valence-corrected chi connectivity index (χ3v) is 6.14. The van der Waals surface area contributed by atoms with Crippen molar-refractivity contribution in [1.82, 2.24) is 4.90 Å². The second-order valence-electron chi connectivity index (χ2n) is 8.35. The molecule has 1 amide bonds. The van der Waals surface area contributed by atoms with Gasteiger partial charge in [0, 0.05) is 26.4 Å². The van der Waals surface area contributed by atoms with E-state index in [2.05, 4.69) is 42.5 Å². The molecule has 3 nitrogen and oxygen atoms in total. The minimum atomic E-state index is -0.206. The average Bonchev–Trinajstić information content (AvgIpc) is 3.17. The molecule has 0 bridgehead atoms. The zero-order valence-electron chi connectivity index (χ0n) is 16.7. The van der Waals surface area contributed by atoms with E-state index in [1.165, 1.54) is 11.1 Å². The minimum absolute atomic E-state index is 0.206. The number of allylic oxidation sites excluding steroid dienone is 3. The molecule has 3 rings (SSSR count). The van der Waals surface area contributed by atoms with Crippen molar-refractivity contribution in [2.45, 2.75) is 51.0 Å². The van der Waals surface area contributed by atoms with Gasteiger partial charge < -0.3 is 10.0 Å². The lowest BCUT2D eigenvalue weighted by Gasteiger charge is -2.18. The molecule has 0 aromatic heterocycles. The van der Waals surface area contributed by atoms with Crippen LogP contribution in [0.25, 0.3) is 0 Å². The molecule has 4 atom stereocenters. The Balaban J connectivity index is 1.46. The number of hydrogen-bond donors (Lipinski definition) is 1. The van der Waals surface area contributed by atoms with Crippen molar-refractivity contribution in [3.05, 3.63) is 59.7 Å². The Kier molecular flexibility index (Phi) is 6.89. The normalized spacial score (nSPS) is 27.0. The summed E-state index contributed by atoms with van der Waals surface area (Å²) in [7, 11) is 3.64. The summed E-state index contributed by atoms with van der Waals surface area (Å²) >= 11 is 0. The lowest BCUT2D eigenvalue weighted by Crippen LogP contribution is -2.21. The fraction of sp³-hybridized carbons (Fsp3) is 0.542. The Bertz CT molecular complexity index is 677. The minimum Gasteiger partial charge on any atom is -0.392 e. The molecule has 3 heteroatoms. The van der Waals surface area contributed by atoms with Crippen LogP contribution in [0.5, 0.6) is 0 Å². The molecule has 2 aliphatic carbocycles. The molecular weight excluding hydrogens is 334 g/mol. The molecule has 1 N–H and O–H groups in total. The summed E-state index contributed by atoms with van der Waals surface area (Å²) in [5.41, 5.74) is 2.85. The Morgan fingerprint density at radius 2 is 2.00 bits per heavy atom. The van der Waals surface area contributed by atoms with E-state index in [-0.39, 0.29) is 17.9 Å². The van der Waals surface area contributed by atoms with Gasteiger partial charge in [-0.3, -0.25) is 4.79 Å². The highest BCUT2D eigenvalue weighted by Crippen LogP contribution is 2.48. The zero-order valence-corrected chi connectivity index (χ0v) is 16.7. The van der Waals surface area contributed by atoms with Crippen LogP contribution in [0.3, 0.4) is 0 Å². The molecule has 146 valence electrons. The summed E-state index contributed by atoms with van der Waals surface area (Å²) in [6.07, 6.45) is 13.5. The number of aliphatic hydroxyl groups is 1. The first kappa shape index (κ1) is 19.9. The van der Waals surface area contributed by atoms with Crippen LogP contribution < -0.4 is 0 Å². The topological polar surface area (TPSA) is 40.5 Å². The van der Waals surface area contributed by atoms with Crippen molar-refractivity contribution < 1.29 is 9.90 Å². The van der Waals surface area contributed by atoms with Crippen LogP contribution in [-0.4, -0.2) is 36.1 Å². The molecule has 27 heavy (non-hydrogen) atoms. The zero-order chi connectivity index (χ0) is 19.2. The second-order valence-corrected chi connectivity index (χ2v) is 8.35. The summed E-state index contributed by atoms with van der Waals surface area (Å²) < 4.78 is 0. The molecule has 0 heterocycles. The Labute approximate surface area is 163 Å². The van der Waals surface area contributed by atoms with Gasteiger partial charge in [-0.2, -0.15) is 0 Å². The summed E-state index contributed by atoms with van der Waals surface area (Å²) in [5.74, 6) is 1.59. The number of hydrogen-bond acceptors (Lipinski definition) is 2. The maximum Gasteiger partial charge on any atom is 0.222 e. The van der Waals surface area contributed by atoms with E-state index < -0.39 is 0 Å². The van der Waals surface area contributed by atoms with Crippen molar-refractivity contribution in [3.63, 3.8) is 0 Å². The Hall–Kier alpha value is -1.87. The van der Waals surface area contributed by atoms with Crippen molar-refractivity contribution in [2.75, 3.05) is 14.1 Å². The predicted molar refractivity (Wildman–Crippen MR) is 110 cm³/mol. The average molecular weight is 368 g/mol. The molecule has 0 saturated heterocycles. The molecule has 0 unspecified atom stereocenters. The lowest BCUT2D eigenvalue weighted by molar-refractivity contribution is -0.128. The molecule has 1 aromatic rings. The van der Waals surface area contributed by atoms with Crippen LogP contribution in [0.1, 0.15) is 44.1 Å².